The summed E-state index contributed by atoms with van der Waals surface area (Å²) in [5.41, 5.74) is 2.85. The maximum absolute atomic E-state index is 9.65. The summed E-state index contributed by atoms with van der Waals surface area (Å²) in [7, 11) is 0. The first-order valence-electron chi connectivity index (χ1n) is 9.14. The Balaban J connectivity index is 1.50. The molecule has 23 heavy (non-hydrogen) atoms. The minimum Gasteiger partial charge on any atom is -0.393 e. The van der Waals surface area contributed by atoms with E-state index in [0.717, 1.165) is 51.5 Å². The molecule has 126 valence electrons. The molecule has 2 aliphatic rings. The van der Waals surface area contributed by atoms with Crippen molar-refractivity contribution in [1.82, 2.24) is 10.2 Å². The lowest BCUT2D eigenvalue weighted by molar-refractivity contribution is 0.0791. The number of piperidine rings is 1. The first-order valence-corrected chi connectivity index (χ1v) is 9.14. The van der Waals surface area contributed by atoms with Crippen molar-refractivity contribution in [1.29, 1.82) is 0 Å². The van der Waals surface area contributed by atoms with Gasteiger partial charge in [-0.25, -0.2) is 0 Å². The Hall–Kier alpha value is -1.16. The molecular formula is C20H30N2O. The molecule has 0 aromatic heterocycles. The highest BCUT2D eigenvalue weighted by Gasteiger charge is 2.17. The van der Waals surface area contributed by atoms with Crippen LogP contribution in [0.25, 0.3) is 0 Å². The molecule has 0 unspecified atom stereocenters. The normalized spacial score (nSPS) is 23.3. The fourth-order valence-electron chi connectivity index (χ4n) is 3.66. The second kappa shape index (κ2) is 8.62. The van der Waals surface area contributed by atoms with E-state index in [1.54, 1.807) is 0 Å². The van der Waals surface area contributed by atoms with Gasteiger partial charge < -0.3 is 10.4 Å². The molecule has 2 N–H and O–H groups in total. The molecule has 1 aliphatic carbocycles. The van der Waals surface area contributed by atoms with Gasteiger partial charge in [0.1, 0.15) is 0 Å². The van der Waals surface area contributed by atoms with E-state index < -0.39 is 0 Å². The molecule has 1 atom stereocenters. The monoisotopic (exact) mass is 314 g/mol. The molecule has 0 saturated carbocycles. The van der Waals surface area contributed by atoms with Crippen LogP contribution >= 0.6 is 0 Å². The molecule has 1 aromatic rings. The van der Waals surface area contributed by atoms with Gasteiger partial charge in [-0.3, -0.25) is 4.90 Å². The minimum absolute atomic E-state index is 0.0901. The van der Waals surface area contributed by atoms with Crippen molar-refractivity contribution in [3.8, 4) is 0 Å². The zero-order valence-electron chi connectivity index (χ0n) is 14.1. The van der Waals surface area contributed by atoms with Crippen molar-refractivity contribution in [2.45, 2.75) is 51.3 Å². The molecule has 0 spiro atoms. The Kier molecular flexibility index (Phi) is 6.26. The Bertz CT molecular complexity index is 506. The van der Waals surface area contributed by atoms with Crippen LogP contribution < -0.4 is 5.32 Å². The van der Waals surface area contributed by atoms with E-state index in [-0.39, 0.29) is 6.10 Å². The van der Waals surface area contributed by atoms with Crippen molar-refractivity contribution in [2.24, 2.45) is 5.92 Å². The maximum Gasteiger partial charge on any atom is 0.0564 e. The number of aliphatic hydroxyl groups excluding tert-OH is 1. The Morgan fingerprint density at radius 3 is 2.57 bits per heavy atom. The lowest BCUT2D eigenvalue weighted by Crippen LogP contribution is -2.35. The second-order valence-corrected chi connectivity index (χ2v) is 7.06. The van der Waals surface area contributed by atoms with Gasteiger partial charge in [-0.1, -0.05) is 36.4 Å². The topological polar surface area (TPSA) is 35.5 Å². The number of aliphatic hydroxyl groups is 1. The van der Waals surface area contributed by atoms with Crippen molar-refractivity contribution in [3.05, 3.63) is 47.5 Å². The fourth-order valence-corrected chi connectivity index (χ4v) is 3.66. The van der Waals surface area contributed by atoms with Crippen LogP contribution in [-0.2, 0) is 13.1 Å². The first kappa shape index (κ1) is 16.7. The zero-order valence-corrected chi connectivity index (χ0v) is 14.1. The van der Waals surface area contributed by atoms with Gasteiger partial charge in [0.15, 0.2) is 0 Å². The quantitative estimate of drug-likeness (QED) is 0.792. The minimum atomic E-state index is -0.0901. The van der Waals surface area contributed by atoms with Gasteiger partial charge in [0.25, 0.3) is 0 Å². The number of nitrogens with zero attached hydrogens (tertiary/aromatic N) is 1. The Morgan fingerprint density at radius 2 is 1.83 bits per heavy atom. The van der Waals surface area contributed by atoms with E-state index in [0.29, 0.717) is 0 Å². The van der Waals surface area contributed by atoms with Crippen molar-refractivity contribution < 1.29 is 5.11 Å². The van der Waals surface area contributed by atoms with E-state index in [2.05, 4.69) is 46.6 Å². The van der Waals surface area contributed by atoms with Gasteiger partial charge in [0.05, 0.1) is 6.10 Å². The first-order chi connectivity index (χ1) is 11.3. The molecule has 1 saturated heterocycles. The molecule has 1 aromatic carbocycles. The van der Waals surface area contributed by atoms with Crippen molar-refractivity contribution in [2.75, 3.05) is 19.6 Å². The Labute approximate surface area is 140 Å². The number of benzene rings is 1. The van der Waals surface area contributed by atoms with Crippen LogP contribution in [0.15, 0.2) is 36.4 Å². The summed E-state index contributed by atoms with van der Waals surface area (Å²) in [6, 6.07) is 8.79. The number of rotatable bonds is 6. The number of nitrogens with one attached hydrogen (secondary N) is 1. The molecule has 3 nitrogen and oxygen atoms in total. The van der Waals surface area contributed by atoms with E-state index in [1.165, 1.54) is 30.4 Å². The van der Waals surface area contributed by atoms with Crippen molar-refractivity contribution in [3.63, 3.8) is 0 Å². The van der Waals surface area contributed by atoms with E-state index in [1.807, 2.05) is 0 Å². The van der Waals surface area contributed by atoms with Gasteiger partial charge in [-0.15, -0.1) is 0 Å². The van der Waals surface area contributed by atoms with Crippen LogP contribution in [0.5, 0.6) is 0 Å². The van der Waals surface area contributed by atoms with Crippen LogP contribution in [0.3, 0.4) is 0 Å². The predicted molar refractivity (Wildman–Crippen MR) is 95.1 cm³/mol. The second-order valence-electron chi connectivity index (χ2n) is 7.06. The lowest BCUT2D eigenvalue weighted by atomic mass is 9.94. The zero-order chi connectivity index (χ0) is 15.9. The number of likely N-dealkylation sites (tertiary alicyclic amines) is 1. The van der Waals surface area contributed by atoms with Crippen LogP contribution in [-0.4, -0.2) is 35.7 Å². The third kappa shape index (κ3) is 5.17. The summed E-state index contributed by atoms with van der Waals surface area (Å²) in [6.45, 7) is 5.12. The average Bonchev–Trinajstić information content (AvgIpc) is 2.59. The highest BCUT2D eigenvalue weighted by Crippen LogP contribution is 2.19. The largest absolute Gasteiger partial charge is 0.393 e. The van der Waals surface area contributed by atoms with E-state index >= 15 is 0 Å². The van der Waals surface area contributed by atoms with Crippen LogP contribution in [0, 0.1) is 5.92 Å². The number of allylic oxidation sites excluding steroid dienone is 2. The highest BCUT2D eigenvalue weighted by molar-refractivity contribution is 5.27. The molecule has 3 heteroatoms. The van der Waals surface area contributed by atoms with Crippen LogP contribution in [0.2, 0.25) is 0 Å². The lowest BCUT2D eigenvalue weighted by Gasteiger charge is -2.30. The van der Waals surface area contributed by atoms with Crippen LogP contribution in [0.4, 0.5) is 0 Å². The summed E-state index contributed by atoms with van der Waals surface area (Å²) in [5, 5.41) is 13.3. The SMILES string of the molecule is OC1CCN(Cc2ccccc2CNC[C@@H]2CC=CCC2)CC1. The summed E-state index contributed by atoms with van der Waals surface area (Å²) < 4.78 is 0. The van der Waals surface area contributed by atoms with E-state index in [9.17, 15) is 5.11 Å². The molecule has 1 heterocycles. The molecule has 1 fully saturated rings. The standard InChI is InChI=1S/C20H30N2O/c23-20-10-12-22(13-11-20)16-19-9-5-4-8-18(19)15-21-14-17-6-2-1-3-7-17/h1-2,4-5,8-9,17,20-21,23H,3,6-7,10-16H2/t17-/m1/s1. The van der Waals surface area contributed by atoms with Gasteiger partial charge >= 0.3 is 0 Å². The summed E-state index contributed by atoms with van der Waals surface area (Å²) in [4.78, 5) is 2.47. The van der Waals surface area contributed by atoms with Crippen molar-refractivity contribution >= 4 is 0 Å². The van der Waals surface area contributed by atoms with Gasteiger partial charge in [-0.2, -0.15) is 0 Å². The van der Waals surface area contributed by atoms with Gasteiger partial charge in [0, 0.05) is 26.2 Å². The van der Waals surface area contributed by atoms with E-state index in [4.69, 9.17) is 0 Å². The predicted octanol–water partition coefficient (Wildman–Crippen LogP) is 3.09. The number of hydrogen-bond donors (Lipinski definition) is 2. The third-order valence-corrected chi connectivity index (χ3v) is 5.20. The summed E-state index contributed by atoms with van der Waals surface area (Å²) in [6.07, 6.45) is 10.2. The molecular weight excluding hydrogens is 284 g/mol. The fraction of sp³-hybridized carbons (Fsp3) is 0.600. The molecule has 3 rings (SSSR count). The molecule has 1 aliphatic heterocycles. The Morgan fingerprint density at radius 1 is 1.04 bits per heavy atom. The third-order valence-electron chi connectivity index (χ3n) is 5.20. The molecule has 0 radical (unpaired) electrons. The summed E-state index contributed by atoms with van der Waals surface area (Å²) >= 11 is 0. The molecule has 0 amide bonds. The summed E-state index contributed by atoms with van der Waals surface area (Å²) in [5.74, 6) is 0.802. The maximum atomic E-state index is 9.65. The van der Waals surface area contributed by atoms with Crippen LogP contribution in [0.1, 0.15) is 43.2 Å². The number of hydrogen-bond acceptors (Lipinski definition) is 3. The average molecular weight is 314 g/mol. The van der Waals surface area contributed by atoms with Gasteiger partial charge in [-0.05, 0) is 55.7 Å². The van der Waals surface area contributed by atoms with Gasteiger partial charge in [0.2, 0.25) is 0 Å². The smallest absolute Gasteiger partial charge is 0.0564 e. The molecule has 0 bridgehead atoms. The highest BCUT2D eigenvalue weighted by atomic mass is 16.3.